The van der Waals surface area contributed by atoms with Crippen molar-refractivity contribution in [1.29, 1.82) is 0 Å². The second-order valence-electron chi connectivity index (χ2n) is 6.94. The Balaban J connectivity index is 1.60. The minimum atomic E-state index is -4.53. The second-order valence-corrected chi connectivity index (χ2v) is 7.34. The van der Waals surface area contributed by atoms with Crippen LogP contribution in [0.25, 0.3) is 11.3 Å². The number of hydrogen-bond donors (Lipinski definition) is 2. The molecule has 0 saturated heterocycles. The molecule has 2 heterocycles. The molecule has 0 spiro atoms. The number of nitrogens with one attached hydrogen (secondary N) is 1. The Morgan fingerprint density at radius 2 is 1.82 bits per heavy atom. The maximum absolute atomic E-state index is 12.9. The van der Waals surface area contributed by atoms with Gasteiger partial charge in [-0.1, -0.05) is 17.7 Å². The largest absolute Gasteiger partial charge is 0.437 e. The smallest absolute Gasteiger partial charge is 0.416 e. The van der Waals surface area contributed by atoms with Gasteiger partial charge in [-0.15, -0.1) is 0 Å². The second kappa shape index (κ2) is 9.36. The normalized spacial score (nSPS) is 11.2. The fourth-order valence-corrected chi connectivity index (χ4v) is 3.15. The molecule has 3 N–H and O–H groups in total. The van der Waals surface area contributed by atoms with Gasteiger partial charge in [-0.2, -0.15) is 13.2 Å². The molecular weight excluding hydrogens is 471 g/mol. The first-order valence-electron chi connectivity index (χ1n) is 9.70. The van der Waals surface area contributed by atoms with Gasteiger partial charge in [0.15, 0.2) is 0 Å². The van der Waals surface area contributed by atoms with Gasteiger partial charge in [-0.05, 0) is 54.6 Å². The first-order chi connectivity index (χ1) is 16.2. The van der Waals surface area contributed by atoms with Crippen molar-refractivity contribution in [3.63, 3.8) is 0 Å². The number of carbonyl (C=O) groups excluding carboxylic acids is 1. The van der Waals surface area contributed by atoms with Gasteiger partial charge in [0.25, 0.3) is 5.91 Å². The highest BCUT2D eigenvalue weighted by Gasteiger charge is 2.30. The molecule has 11 heteroatoms. The third-order valence-electron chi connectivity index (χ3n) is 4.57. The van der Waals surface area contributed by atoms with E-state index in [4.69, 9.17) is 22.1 Å². The number of halogens is 4. The molecule has 172 valence electrons. The Morgan fingerprint density at radius 3 is 2.59 bits per heavy atom. The van der Waals surface area contributed by atoms with E-state index in [0.717, 1.165) is 12.1 Å². The van der Waals surface area contributed by atoms with Crippen LogP contribution in [-0.4, -0.2) is 20.9 Å². The summed E-state index contributed by atoms with van der Waals surface area (Å²) in [6, 6.07) is 13.6. The molecule has 1 amide bonds. The lowest BCUT2D eigenvalue weighted by atomic mass is 10.1. The summed E-state index contributed by atoms with van der Waals surface area (Å²) in [5.74, 6) is -0.317. The number of carbonyl (C=O) groups is 1. The Kier molecular flexibility index (Phi) is 6.33. The van der Waals surface area contributed by atoms with Gasteiger partial charge in [-0.25, -0.2) is 15.0 Å². The Labute approximate surface area is 196 Å². The van der Waals surface area contributed by atoms with E-state index in [2.05, 4.69) is 20.3 Å². The number of alkyl halides is 3. The van der Waals surface area contributed by atoms with E-state index in [1.165, 1.54) is 42.7 Å². The van der Waals surface area contributed by atoms with Crippen LogP contribution in [0, 0.1) is 0 Å². The number of hydrogen-bond acceptors (Lipinski definition) is 6. The van der Waals surface area contributed by atoms with Gasteiger partial charge in [0, 0.05) is 23.6 Å². The van der Waals surface area contributed by atoms with Gasteiger partial charge in [-0.3, -0.25) is 4.79 Å². The van der Waals surface area contributed by atoms with Crippen LogP contribution in [0.1, 0.15) is 15.9 Å². The summed E-state index contributed by atoms with van der Waals surface area (Å²) >= 11 is 6.25. The Hall–Kier alpha value is -4.18. The minimum absolute atomic E-state index is 0.00870. The van der Waals surface area contributed by atoms with Crippen LogP contribution in [-0.2, 0) is 6.18 Å². The van der Waals surface area contributed by atoms with Crippen molar-refractivity contribution < 1.29 is 22.7 Å². The molecule has 0 saturated carbocycles. The van der Waals surface area contributed by atoms with E-state index in [1.807, 2.05) is 0 Å². The predicted octanol–water partition coefficient (Wildman–Crippen LogP) is 5.84. The van der Waals surface area contributed by atoms with Gasteiger partial charge in [0.05, 0.1) is 21.8 Å². The SMILES string of the molecule is Nc1nccc(-c2cccnc2Oc2cc(C(=O)Nc3cccc(C(F)(F)F)c3)ccc2Cl)n1. The average Bonchev–Trinajstić information content (AvgIpc) is 2.80. The summed E-state index contributed by atoms with van der Waals surface area (Å²) < 4.78 is 44.7. The molecule has 7 nitrogen and oxygen atoms in total. The molecule has 0 bridgehead atoms. The van der Waals surface area contributed by atoms with E-state index in [1.54, 1.807) is 18.2 Å². The molecule has 0 fully saturated rings. The van der Waals surface area contributed by atoms with Crippen molar-refractivity contribution in [2.24, 2.45) is 0 Å². The summed E-state index contributed by atoms with van der Waals surface area (Å²) in [6.45, 7) is 0. The lowest BCUT2D eigenvalue weighted by Crippen LogP contribution is -2.13. The van der Waals surface area contributed by atoms with Crippen molar-refractivity contribution in [1.82, 2.24) is 15.0 Å². The maximum Gasteiger partial charge on any atom is 0.416 e. The van der Waals surface area contributed by atoms with Crippen LogP contribution in [0.3, 0.4) is 0 Å². The standard InChI is InChI=1S/C23H15ClF3N5O2/c24-17-7-6-13(20(33)31-15-4-1-3-14(12-15)23(25,26)27)11-19(17)34-21-16(5-2-9-29-21)18-8-10-30-22(28)32-18/h1-12H,(H,31,33)(H2,28,30,32). The summed E-state index contributed by atoms with van der Waals surface area (Å²) in [7, 11) is 0. The van der Waals surface area contributed by atoms with Crippen molar-refractivity contribution in [2.45, 2.75) is 6.18 Å². The van der Waals surface area contributed by atoms with E-state index in [-0.39, 0.29) is 33.9 Å². The highest BCUT2D eigenvalue weighted by atomic mass is 35.5. The zero-order valence-electron chi connectivity index (χ0n) is 17.2. The molecule has 4 aromatic rings. The summed E-state index contributed by atoms with van der Waals surface area (Å²) in [4.78, 5) is 24.9. The number of pyridine rings is 1. The number of nitrogen functional groups attached to an aromatic ring is 1. The molecule has 2 aromatic heterocycles. The molecule has 0 atom stereocenters. The van der Waals surface area contributed by atoms with Gasteiger partial charge < -0.3 is 15.8 Å². The van der Waals surface area contributed by atoms with Crippen LogP contribution in [0.4, 0.5) is 24.8 Å². The van der Waals surface area contributed by atoms with Crippen LogP contribution in [0.15, 0.2) is 73.1 Å². The number of aromatic nitrogens is 3. The highest BCUT2D eigenvalue weighted by molar-refractivity contribution is 6.32. The number of nitrogens with two attached hydrogens (primary N) is 1. The predicted molar refractivity (Wildman–Crippen MR) is 121 cm³/mol. The topological polar surface area (TPSA) is 103 Å². The zero-order valence-corrected chi connectivity index (χ0v) is 17.9. The molecule has 0 unspecified atom stereocenters. The quantitative estimate of drug-likeness (QED) is 0.368. The zero-order chi connectivity index (χ0) is 24.3. The Bertz CT molecular complexity index is 1360. The molecule has 0 aliphatic carbocycles. The fraction of sp³-hybridized carbons (Fsp3) is 0.0435. The van der Waals surface area contributed by atoms with Crippen molar-refractivity contribution >= 4 is 29.1 Å². The third kappa shape index (κ3) is 5.24. The van der Waals surface area contributed by atoms with Crippen LogP contribution < -0.4 is 15.8 Å². The molecule has 2 aromatic carbocycles. The monoisotopic (exact) mass is 485 g/mol. The number of benzene rings is 2. The lowest BCUT2D eigenvalue weighted by molar-refractivity contribution is -0.137. The number of ether oxygens (including phenoxy) is 1. The Morgan fingerprint density at radius 1 is 1.00 bits per heavy atom. The molecule has 0 aliphatic rings. The minimum Gasteiger partial charge on any atom is -0.437 e. The van der Waals surface area contributed by atoms with E-state index < -0.39 is 17.6 Å². The maximum atomic E-state index is 12.9. The molecule has 0 aliphatic heterocycles. The summed E-state index contributed by atoms with van der Waals surface area (Å²) in [6.07, 6.45) is -1.54. The van der Waals surface area contributed by atoms with E-state index in [9.17, 15) is 18.0 Å². The van der Waals surface area contributed by atoms with Crippen LogP contribution >= 0.6 is 11.6 Å². The fourth-order valence-electron chi connectivity index (χ4n) is 2.99. The molecule has 34 heavy (non-hydrogen) atoms. The van der Waals surface area contributed by atoms with Crippen LogP contribution in [0.5, 0.6) is 11.6 Å². The van der Waals surface area contributed by atoms with Crippen LogP contribution in [0.2, 0.25) is 5.02 Å². The summed E-state index contributed by atoms with van der Waals surface area (Å²) in [5.41, 5.74) is 5.86. The van der Waals surface area contributed by atoms with Crippen molar-refractivity contribution in [3.8, 4) is 22.9 Å². The first-order valence-corrected chi connectivity index (χ1v) is 10.1. The van der Waals surface area contributed by atoms with E-state index in [0.29, 0.717) is 11.3 Å². The van der Waals surface area contributed by atoms with Crippen molar-refractivity contribution in [2.75, 3.05) is 11.1 Å². The number of anilines is 2. The van der Waals surface area contributed by atoms with E-state index >= 15 is 0 Å². The van der Waals surface area contributed by atoms with Gasteiger partial charge in [0.2, 0.25) is 11.8 Å². The molecule has 0 radical (unpaired) electrons. The average molecular weight is 486 g/mol. The molecule has 4 rings (SSSR count). The highest BCUT2D eigenvalue weighted by Crippen LogP contribution is 2.35. The number of amides is 1. The lowest BCUT2D eigenvalue weighted by Gasteiger charge is -2.13. The first kappa shape index (κ1) is 23.0. The van der Waals surface area contributed by atoms with Gasteiger partial charge in [0.1, 0.15) is 5.75 Å². The van der Waals surface area contributed by atoms with Gasteiger partial charge >= 0.3 is 6.18 Å². The van der Waals surface area contributed by atoms with Crippen molar-refractivity contribution in [3.05, 3.63) is 89.2 Å². The summed E-state index contributed by atoms with van der Waals surface area (Å²) in [5, 5.41) is 2.63. The number of rotatable bonds is 5. The molecular formula is C23H15ClF3N5O2. The third-order valence-corrected chi connectivity index (χ3v) is 4.88. The number of nitrogens with zero attached hydrogens (tertiary/aromatic N) is 3.